The monoisotopic (exact) mass is 394 g/mol. The van der Waals surface area contributed by atoms with Gasteiger partial charge in [-0.25, -0.2) is 9.18 Å². The van der Waals surface area contributed by atoms with Crippen LogP contribution in [0.5, 0.6) is 0 Å². The fourth-order valence-corrected chi connectivity index (χ4v) is 2.59. The van der Waals surface area contributed by atoms with Gasteiger partial charge in [0.05, 0.1) is 24.1 Å². The molecule has 0 N–H and O–H groups in total. The molecule has 0 radical (unpaired) electrons. The maximum atomic E-state index is 13.6. The molecule has 146 valence electrons. The molecule has 6 nitrogen and oxygen atoms in total. The molecule has 10 heteroatoms. The second kappa shape index (κ2) is 7.37. The topological polar surface area (TPSA) is 69.9 Å². The predicted molar refractivity (Wildman–Crippen MR) is 89.4 cm³/mol. The van der Waals surface area contributed by atoms with E-state index in [1.165, 1.54) is 18.1 Å². The number of aromatic nitrogens is 4. The van der Waals surface area contributed by atoms with Gasteiger partial charge in [0.2, 0.25) is 0 Å². The number of ether oxygens (including phenoxy) is 1. The zero-order valence-corrected chi connectivity index (χ0v) is 14.8. The Morgan fingerprint density at radius 2 is 1.93 bits per heavy atom. The molecule has 2 heterocycles. The number of esters is 1. The quantitative estimate of drug-likeness (QED) is 0.500. The van der Waals surface area contributed by atoms with Crippen LogP contribution in [0, 0.1) is 12.7 Å². The molecule has 0 fully saturated rings. The Labute approximate surface area is 156 Å². The molecule has 28 heavy (non-hydrogen) atoms. The van der Waals surface area contributed by atoms with Gasteiger partial charge in [-0.2, -0.15) is 23.1 Å². The third-order valence-electron chi connectivity index (χ3n) is 3.86. The average Bonchev–Trinajstić information content (AvgIpc) is 3.02. The average molecular weight is 394 g/mol. The number of alkyl halides is 3. The Balaban J connectivity index is 1.91. The Bertz CT molecular complexity index is 1030. The van der Waals surface area contributed by atoms with E-state index in [1.807, 2.05) is 0 Å². The van der Waals surface area contributed by atoms with Gasteiger partial charge in [0.15, 0.2) is 5.69 Å². The van der Waals surface area contributed by atoms with E-state index < -0.39 is 23.5 Å². The first-order valence-electron chi connectivity index (χ1n) is 8.01. The van der Waals surface area contributed by atoms with Gasteiger partial charge >= 0.3 is 12.1 Å². The van der Waals surface area contributed by atoms with Crippen molar-refractivity contribution < 1.29 is 27.1 Å². The van der Waals surface area contributed by atoms with Crippen molar-refractivity contribution >= 4 is 5.97 Å². The number of carbonyl (C=O) groups is 1. The Hall–Kier alpha value is -3.30. The SMILES string of the molecule is COC(=O)c1nn(-c2ccnc(Cc3cc(F)cc(C(F)(F)F)c3)c2)nc1C. The molecule has 0 aliphatic rings. The number of nitrogens with zero attached hydrogens (tertiary/aromatic N) is 4. The second-order valence-electron chi connectivity index (χ2n) is 5.94. The summed E-state index contributed by atoms with van der Waals surface area (Å²) in [6.45, 7) is 1.59. The standard InChI is InChI=1S/C18H14F4N4O2/c1-10-16(17(27)28-2)25-26(24-10)15-3-4-23-14(9-15)7-11-5-12(18(20,21)22)8-13(19)6-11/h3-6,8-9H,7H2,1-2H3. The number of pyridine rings is 1. The van der Waals surface area contributed by atoms with Crippen LogP contribution >= 0.6 is 0 Å². The lowest BCUT2D eigenvalue weighted by molar-refractivity contribution is -0.137. The third-order valence-corrected chi connectivity index (χ3v) is 3.86. The lowest BCUT2D eigenvalue weighted by Gasteiger charge is -2.10. The smallest absolute Gasteiger partial charge is 0.416 e. The Morgan fingerprint density at radius 1 is 1.18 bits per heavy atom. The van der Waals surface area contributed by atoms with E-state index in [0.29, 0.717) is 23.1 Å². The number of aryl methyl sites for hydroxylation is 1. The molecule has 0 amide bonds. The summed E-state index contributed by atoms with van der Waals surface area (Å²) in [4.78, 5) is 16.9. The molecule has 3 rings (SSSR count). The fraction of sp³-hybridized carbons (Fsp3) is 0.222. The summed E-state index contributed by atoms with van der Waals surface area (Å²) in [6, 6.07) is 5.45. The van der Waals surface area contributed by atoms with E-state index in [4.69, 9.17) is 0 Å². The molecule has 0 saturated carbocycles. The van der Waals surface area contributed by atoms with Crippen molar-refractivity contribution in [1.82, 2.24) is 20.0 Å². The number of carbonyl (C=O) groups excluding carboxylic acids is 1. The minimum Gasteiger partial charge on any atom is -0.464 e. The van der Waals surface area contributed by atoms with Crippen LogP contribution in [0.4, 0.5) is 17.6 Å². The molecule has 3 aromatic rings. The highest BCUT2D eigenvalue weighted by Gasteiger charge is 2.31. The van der Waals surface area contributed by atoms with Crippen LogP contribution < -0.4 is 0 Å². The molecule has 1 aromatic carbocycles. The number of halogens is 4. The lowest BCUT2D eigenvalue weighted by Crippen LogP contribution is -2.07. The van der Waals surface area contributed by atoms with Crippen molar-refractivity contribution in [2.75, 3.05) is 7.11 Å². The van der Waals surface area contributed by atoms with Crippen LogP contribution in [-0.2, 0) is 17.3 Å². The first-order chi connectivity index (χ1) is 13.2. The largest absolute Gasteiger partial charge is 0.464 e. The molecule has 0 aliphatic heterocycles. The van der Waals surface area contributed by atoms with Crippen LogP contribution in [0.3, 0.4) is 0 Å². The Kier molecular flexibility index (Phi) is 5.12. The van der Waals surface area contributed by atoms with Gasteiger partial charge in [0, 0.05) is 18.3 Å². The van der Waals surface area contributed by atoms with Crippen molar-refractivity contribution in [1.29, 1.82) is 0 Å². The van der Waals surface area contributed by atoms with Crippen molar-refractivity contribution in [3.05, 3.63) is 70.6 Å². The highest BCUT2D eigenvalue weighted by molar-refractivity contribution is 5.88. The Morgan fingerprint density at radius 3 is 2.61 bits per heavy atom. The summed E-state index contributed by atoms with van der Waals surface area (Å²) < 4.78 is 56.8. The van der Waals surface area contributed by atoms with E-state index in [2.05, 4.69) is 19.9 Å². The van der Waals surface area contributed by atoms with Crippen molar-refractivity contribution in [3.63, 3.8) is 0 Å². The van der Waals surface area contributed by atoms with Crippen LogP contribution in [0.1, 0.15) is 33.0 Å². The third kappa shape index (κ3) is 4.16. The molecule has 0 saturated heterocycles. The van der Waals surface area contributed by atoms with Gasteiger partial charge in [-0.3, -0.25) is 4.98 Å². The normalized spacial score (nSPS) is 11.5. The molecule has 0 spiro atoms. The van der Waals surface area contributed by atoms with Crippen LogP contribution in [-0.4, -0.2) is 33.1 Å². The summed E-state index contributed by atoms with van der Waals surface area (Å²) in [5.41, 5.74) is 0.273. The van der Waals surface area contributed by atoms with Crippen molar-refractivity contribution in [3.8, 4) is 5.69 Å². The molecule has 0 unspecified atom stereocenters. The van der Waals surface area contributed by atoms with E-state index in [9.17, 15) is 22.4 Å². The second-order valence-corrected chi connectivity index (χ2v) is 5.94. The molecular weight excluding hydrogens is 380 g/mol. The van der Waals surface area contributed by atoms with Crippen LogP contribution in [0.25, 0.3) is 5.69 Å². The van der Waals surface area contributed by atoms with Gasteiger partial charge in [0.1, 0.15) is 5.82 Å². The first kappa shape index (κ1) is 19.5. The lowest BCUT2D eigenvalue weighted by atomic mass is 10.1. The van der Waals surface area contributed by atoms with Crippen LogP contribution in [0.15, 0.2) is 36.5 Å². The highest BCUT2D eigenvalue weighted by Crippen LogP contribution is 2.30. The molecular formula is C18H14F4N4O2. The minimum absolute atomic E-state index is 0.0290. The van der Waals surface area contributed by atoms with Crippen molar-refractivity contribution in [2.45, 2.75) is 19.5 Å². The molecule has 0 atom stereocenters. The van der Waals surface area contributed by atoms with Crippen molar-refractivity contribution in [2.24, 2.45) is 0 Å². The van der Waals surface area contributed by atoms with Gasteiger partial charge in [0.25, 0.3) is 0 Å². The van der Waals surface area contributed by atoms with Gasteiger partial charge in [-0.1, -0.05) is 0 Å². The summed E-state index contributed by atoms with van der Waals surface area (Å²) in [5, 5.41) is 8.18. The fourth-order valence-electron chi connectivity index (χ4n) is 2.59. The van der Waals surface area contributed by atoms with Crippen LogP contribution in [0.2, 0.25) is 0 Å². The number of rotatable bonds is 4. The van der Waals surface area contributed by atoms with E-state index >= 15 is 0 Å². The van der Waals surface area contributed by atoms with E-state index in [-0.39, 0.29) is 17.7 Å². The molecule has 0 bridgehead atoms. The maximum Gasteiger partial charge on any atom is 0.416 e. The number of methoxy groups -OCH3 is 1. The first-order valence-corrected chi connectivity index (χ1v) is 8.01. The zero-order chi connectivity index (χ0) is 20.5. The molecule has 2 aromatic heterocycles. The van der Waals surface area contributed by atoms with Gasteiger partial charge in [-0.05, 0) is 42.8 Å². The molecule has 0 aliphatic carbocycles. The summed E-state index contributed by atoms with van der Waals surface area (Å²) in [7, 11) is 1.22. The summed E-state index contributed by atoms with van der Waals surface area (Å²) in [6.07, 6.45) is -3.25. The van der Waals surface area contributed by atoms with E-state index in [0.717, 1.165) is 12.1 Å². The number of benzene rings is 1. The minimum atomic E-state index is -4.65. The van der Waals surface area contributed by atoms with E-state index in [1.54, 1.807) is 19.1 Å². The zero-order valence-electron chi connectivity index (χ0n) is 14.8. The number of hydrogen-bond donors (Lipinski definition) is 0. The highest BCUT2D eigenvalue weighted by atomic mass is 19.4. The number of hydrogen-bond acceptors (Lipinski definition) is 5. The summed E-state index contributed by atoms with van der Waals surface area (Å²) >= 11 is 0. The van der Waals surface area contributed by atoms with Gasteiger partial charge in [-0.15, -0.1) is 5.10 Å². The van der Waals surface area contributed by atoms with Gasteiger partial charge < -0.3 is 4.74 Å². The summed E-state index contributed by atoms with van der Waals surface area (Å²) in [5.74, 6) is -1.62. The predicted octanol–water partition coefficient (Wildman–Crippen LogP) is 3.51. The maximum absolute atomic E-state index is 13.6.